The van der Waals surface area contributed by atoms with Crippen molar-refractivity contribution in [3.63, 3.8) is 0 Å². The smallest absolute Gasteiger partial charge is 0.405 e. The average Bonchev–Trinajstić information content (AvgIpc) is 3.00. The van der Waals surface area contributed by atoms with Gasteiger partial charge in [-0.05, 0) is 37.5 Å². The molecule has 2 rings (SSSR count). The highest BCUT2D eigenvalue weighted by molar-refractivity contribution is 6.35. The molecule has 8 heteroatoms. The number of hydrogen-bond acceptors (Lipinski definition) is 7. The second-order valence-electron chi connectivity index (χ2n) is 8.12. The highest BCUT2D eigenvalue weighted by Crippen LogP contribution is 2.38. The third-order valence-electron chi connectivity index (χ3n) is 5.58. The van der Waals surface area contributed by atoms with Gasteiger partial charge in [-0.25, -0.2) is 4.79 Å². The number of cyclic esters (lactones) is 1. The molecule has 0 N–H and O–H groups in total. The monoisotopic (exact) mass is 411 g/mol. The van der Waals surface area contributed by atoms with E-state index in [2.05, 4.69) is 27.4 Å². The quantitative estimate of drug-likeness (QED) is 0.189. The van der Waals surface area contributed by atoms with Gasteiger partial charge in [0.1, 0.15) is 5.92 Å². The molecule has 5 atom stereocenters. The molecule has 164 valence electrons. The molecule has 0 aromatic carbocycles. The maximum Gasteiger partial charge on any atom is 0.405 e. The standard InChI is InChI=1S/C21H33NO7/c1-6-10-27-22(25)19(20(24)26-7-2)16-12-18(23)29-21(16)28-17-11-14(5)8-9-15(17)13(3)4/h6,13-17,21H,1,7-12H2,2-5H3/b22-19-/t14-,15+,16+,17-,21-/m1/s1. The fourth-order valence-electron chi connectivity index (χ4n) is 4.08. The maximum atomic E-state index is 12.5. The lowest BCUT2D eigenvalue weighted by molar-refractivity contribution is -0.739. The molecule has 29 heavy (non-hydrogen) atoms. The van der Waals surface area contributed by atoms with Gasteiger partial charge in [0.25, 0.3) is 0 Å². The number of nitrogens with zero attached hydrogens (tertiary/aromatic N) is 1. The van der Waals surface area contributed by atoms with Crippen LogP contribution in [0.5, 0.6) is 0 Å². The van der Waals surface area contributed by atoms with Crippen molar-refractivity contribution in [2.45, 2.75) is 65.8 Å². The second kappa shape index (κ2) is 10.6. The van der Waals surface area contributed by atoms with Crippen LogP contribution in [0.2, 0.25) is 0 Å². The van der Waals surface area contributed by atoms with Crippen molar-refractivity contribution in [1.82, 2.24) is 0 Å². The molecule has 1 saturated heterocycles. The Kier molecular flexibility index (Phi) is 8.49. The summed E-state index contributed by atoms with van der Waals surface area (Å²) in [5.41, 5.74) is -0.325. The summed E-state index contributed by atoms with van der Waals surface area (Å²) in [5.74, 6) is -1.05. The van der Waals surface area contributed by atoms with Crippen molar-refractivity contribution in [2.24, 2.45) is 23.7 Å². The largest absolute Gasteiger partial charge is 0.458 e. The zero-order valence-electron chi connectivity index (χ0n) is 17.8. The first-order chi connectivity index (χ1) is 13.8. The van der Waals surface area contributed by atoms with E-state index in [9.17, 15) is 14.8 Å². The Labute approximate surface area is 172 Å². The van der Waals surface area contributed by atoms with Crippen LogP contribution in [0.1, 0.15) is 53.4 Å². The van der Waals surface area contributed by atoms with E-state index in [4.69, 9.17) is 19.0 Å². The van der Waals surface area contributed by atoms with Gasteiger partial charge in [-0.1, -0.05) is 33.3 Å². The summed E-state index contributed by atoms with van der Waals surface area (Å²) < 4.78 is 16.6. The molecule has 0 aromatic heterocycles. The average molecular weight is 411 g/mol. The number of carbonyl (C=O) groups is 2. The van der Waals surface area contributed by atoms with E-state index in [0.29, 0.717) is 17.8 Å². The van der Waals surface area contributed by atoms with Gasteiger partial charge in [-0.3, -0.25) is 10.0 Å². The molecule has 2 aliphatic rings. The van der Waals surface area contributed by atoms with Gasteiger partial charge in [0, 0.05) is 4.90 Å². The summed E-state index contributed by atoms with van der Waals surface area (Å²) in [7, 11) is 0. The minimum Gasteiger partial charge on any atom is -0.458 e. The molecular formula is C21H33NO7. The van der Waals surface area contributed by atoms with Gasteiger partial charge >= 0.3 is 17.7 Å². The van der Waals surface area contributed by atoms with E-state index in [1.807, 2.05) is 0 Å². The normalized spacial score (nSPS) is 30.5. The Morgan fingerprint density at radius 2 is 2.14 bits per heavy atom. The van der Waals surface area contributed by atoms with E-state index in [1.165, 1.54) is 6.08 Å². The van der Waals surface area contributed by atoms with E-state index in [1.54, 1.807) is 6.92 Å². The topological polar surface area (TPSA) is 97.1 Å². The molecule has 1 aliphatic carbocycles. The Hall–Kier alpha value is -2.09. The minimum atomic E-state index is -1.03. The van der Waals surface area contributed by atoms with Crippen LogP contribution >= 0.6 is 0 Å². The molecule has 0 amide bonds. The minimum absolute atomic E-state index is 0.0836. The number of rotatable bonds is 9. The highest BCUT2D eigenvalue weighted by Gasteiger charge is 2.50. The predicted molar refractivity (Wildman–Crippen MR) is 106 cm³/mol. The molecule has 2 fully saturated rings. The predicted octanol–water partition coefficient (Wildman–Crippen LogP) is 2.99. The fourth-order valence-corrected chi connectivity index (χ4v) is 4.08. The van der Waals surface area contributed by atoms with Gasteiger partial charge in [0.15, 0.2) is 0 Å². The molecule has 8 nitrogen and oxygen atoms in total. The van der Waals surface area contributed by atoms with Crippen LogP contribution in [0.15, 0.2) is 12.7 Å². The third kappa shape index (κ3) is 5.95. The van der Waals surface area contributed by atoms with Crippen LogP contribution in [0.3, 0.4) is 0 Å². The SMILES string of the molecule is C=CCO/[N+]([O-])=C(\C(=O)OCC)[C@@H]1CC(=O)O[C@H]1O[C@@H]1C[C@H](C)CC[C@H]1C(C)C. The molecular weight excluding hydrogens is 378 g/mol. The van der Waals surface area contributed by atoms with E-state index < -0.39 is 24.1 Å². The molecule has 0 aromatic rings. The fraction of sp³-hybridized carbons (Fsp3) is 0.762. The third-order valence-corrected chi connectivity index (χ3v) is 5.58. The lowest BCUT2D eigenvalue weighted by atomic mass is 9.75. The van der Waals surface area contributed by atoms with Crippen molar-refractivity contribution in [2.75, 3.05) is 13.2 Å². The first-order valence-electron chi connectivity index (χ1n) is 10.4. The zero-order chi connectivity index (χ0) is 21.6. The molecule has 1 aliphatic heterocycles. The zero-order valence-corrected chi connectivity index (χ0v) is 17.8. The summed E-state index contributed by atoms with van der Waals surface area (Å²) in [6.07, 6.45) is 3.09. The van der Waals surface area contributed by atoms with Crippen LogP contribution in [0, 0.1) is 28.9 Å². The van der Waals surface area contributed by atoms with Crippen LogP contribution in [0.4, 0.5) is 0 Å². The second-order valence-corrected chi connectivity index (χ2v) is 8.12. The molecule has 0 radical (unpaired) electrons. The van der Waals surface area contributed by atoms with Gasteiger partial charge in [0.2, 0.25) is 6.29 Å². The molecule has 0 spiro atoms. The summed E-state index contributed by atoms with van der Waals surface area (Å²) in [6, 6.07) is 0. The van der Waals surface area contributed by atoms with Gasteiger partial charge in [-0.2, -0.15) is 0 Å². The lowest BCUT2D eigenvalue weighted by Gasteiger charge is -2.38. The van der Waals surface area contributed by atoms with Crippen LogP contribution in [-0.4, -0.2) is 48.2 Å². The van der Waals surface area contributed by atoms with Crippen molar-refractivity contribution >= 4 is 17.7 Å². The lowest BCUT2D eigenvalue weighted by Crippen LogP contribution is -2.43. The van der Waals surface area contributed by atoms with Gasteiger partial charge in [0.05, 0.1) is 25.7 Å². The van der Waals surface area contributed by atoms with Gasteiger partial charge < -0.3 is 19.0 Å². The first kappa shape index (κ1) is 23.2. The van der Waals surface area contributed by atoms with Crippen molar-refractivity contribution < 1.29 is 33.5 Å². The van der Waals surface area contributed by atoms with Crippen LogP contribution in [-0.2, 0) is 28.6 Å². The van der Waals surface area contributed by atoms with Crippen molar-refractivity contribution in [3.8, 4) is 0 Å². The number of hydrogen-bond donors (Lipinski definition) is 0. The Morgan fingerprint density at radius 1 is 1.41 bits per heavy atom. The molecule has 1 saturated carbocycles. The Balaban J connectivity index is 2.28. The number of esters is 2. The molecule has 1 heterocycles. The highest BCUT2D eigenvalue weighted by atomic mass is 16.9. The number of carbonyl (C=O) groups excluding carboxylic acids is 2. The summed E-state index contributed by atoms with van der Waals surface area (Å²) in [5, 5.41) is 12.5. The van der Waals surface area contributed by atoms with E-state index >= 15 is 0 Å². The van der Waals surface area contributed by atoms with Gasteiger partial charge in [-0.15, -0.1) is 6.58 Å². The van der Waals surface area contributed by atoms with Crippen molar-refractivity contribution in [3.05, 3.63) is 17.9 Å². The van der Waals surface area contributed by atoms with Crippen molar-refractivity contribution in [1.29, 1.82) is 0 Å². The molecule has 0 bridgehead atoms. The van der Waals surface area contributed by atoms with E-state index in [0.717, 1.165) is 19.3 Å². The van der Waals surface area contributed by atoms with E-state index in [-0.39, 0.29) is 36.4 Å². The molecule has 0 unspecified atom stereocenters. The summed E-state index contributed by atoms with van der Waals surface area (Å²) in [4.78, 5) is 29.6. The summed E-state index contributed by atoms with van der Waals surface area (Å²) >= 11 is 0. The summed E-state index contributed by atoms with van der Waals surface area (Å²) in [6.45, 7) is 11.6. The Bertz CT molecular complexity index is 631. The number of ether oxygens (including phenoxy) is 3. The van der Waals surface area contributed by atoms with Crippen LogP contribution < -0.4 is 0 Å². The van der Waals surface area contributed by atoms with Crippen LogP contribution in [0.25, 0.3) is 0 Å². The Morgan fingerprint density at radius 3 is 2.76 bits per heavy atom. The first-order valence-corrected chi connectivity index (χ1v) is 10.4. The maximum absolute atomic E-state index is 12.5.